The Balaban J connectivity index is 0.000000164. The maximum absolute atomic E-state index is 13.1. The number of hydrogen-bond donors (Lipinski definition) is 0. The van der Waals surface area contributed by atoms with Crippen LogP contribution in [0.3, 0.4) is 0 Å². The number of pyridine rings is 2. The van der Waals surface area contributed by atoms with Gasteiger partial charge < -0.3 is 4.57 Å². The van der Waals surface area contributed by atoms with Crippen molar-refractivity contribution in [3.05, 3.63) is 73.1 Å². The minimum absolute atomic E-state index is 0.303. The van der Waals surface area contributed by atoms with Crippen LogP contribution in [0.15, 0.2) is 61.6 Å². The molecule has 114 valence electrons. The summed E-state index contributed by atoms with van der Waals surface area (Å²) in [5.41, 5.74) is -0.440. The first-order valence-electron chi connectivity index (χ1n) is 6.04. The van der Waals surface area contributed by atoms with E-state index in [0.717, 1.165) is 12.3 Å². The summed E-state index contributed by atoms with van der Waals surface area (Å²) < 4.78 is 49.8. The van der Waals surface area contributed by atoms with Gasteiger partial charge in [-0.2, -0.15) is 13.2 Å². The summed E-state index contributed by atoms with van der Waals surface area (Å²) in [6.07, 6.45) is 4.45. The lowest BCUT2D eigenvalue weighted by atomic mass is 10.3. The van der Waals surface area contributed by atoms with Crippen molar-refractivity contribution in [3.63, 3.8) is 0 Å². The third kappa shape index (κ3) is 4.11. The second-order valence-corrected chi connectivity index (χ2v) is 4.01. The van der Waals surface area contributed by atoms with Gasteiger partial charge in [-0.3, -0.25) is 9.97 Å². The molecule has 3 heterocycles. The summed E-state index contributed by atoms with van der Waals surface area (Å²) in [5.74, 6) is -0.303. The quantitative estimate of drug-likeness (QED) is 0.646. The molecule has 0 atom stereocenters. The molecule has 0 fully saturated rings. The number of halogens is 4. The highest BCUT2D eigenvalue weighted by molar-refractivity contribution is 5.29. The molecule has 0 saturated carbocycles. The fourth-order valence-corrected chi connectivity index (χ4v) is 1.49. The van der Waals surface area contributed by atoms with Crippen LogP contribution in [0.4, 0.5) is 17.6 Å². The van der Waals surface area contributed by atoms with Crippen molar-refractivity contribution in [2.45, 2.75) is 6.18 Å². The standard InChI is InChI=1S/C8H6FN3.C6H4F3N/c9-7-1-2-10-5-8(7)12-4-3-11-6-12;7-6(8,9)5-3-1-2-4-10-5/h1-6H;1-4H. The molecule has 0 spiro atoms. The molecule has 3 aromatic heterocycles. The Morgan fingerprint density at radius 1 is 0.955 bits per heavy atom. The first kappa shape index (κ1) is 15.6. The molecule has 8 heteroatoms. The van der Waals surface area contributed by atoms with Gasteiger partial charge in [0.25, 0.3) is 0 Å². The average Bonchev–Trinajstić information content (AvgIpc) is 3.03. The Morgan fingerprint density at radius 2 is 1.77 bits per heavy atom. The maximum atomic E-state index is 13.1. The van der Waals surface area contributed by atoms with Crippen LogP contribution in [0.1, 0.15) is 5.69 Å². The number of alkyl halides is 3. The van der Waals surface area contributed by atoms with Crippen LogP contribution < -0.4 is 0 Å². The lowest BCUT2D eigenvalue weighted by Gasteiger charge is -2.02. The fraction of sp³-hybridized carbons (Fsp3) is 0.0714. The molecule has 0 N–H and O–H groups in total. The maximum Gasteiger partial charge on any atom is 0.433 e. The molecule has 0 unspecified atom stereocenters. The molecule has 22 heavy (non-hydrogen) atoms. The third-order valence-electron chi connectivity index (χ3n) is 2.49. The summed E-state index contributed by atoms with van der Waals surface area (Å²) in [7, 11) is 0. The summed E-state index contributed by atoms with van der Waals surface area (Å²) in [6.45, 7) is 0. The zero-order chi connectivity index (χ0) is 16.0. The van der Waals surface area contributed by atoms with Crippen LogP contribution in [-0.2, 0) is 6.18 Å². The van der Waals surface area contributed by atoms with E-state index in [0.29, 0.717) is 5.69 Å². The molecule has 4 nitrogen and oxygen atoms in total. The van der Waals surface area contributed by atoms with Crippen molar-refractivity contribution in [1.29, 1.82) is 0 Å². The molecular weight excluding hydrogens is 300 g/mol. The minimum atomic E-state index is -4.32. The summed E-state index contributed by atoms with van der Waals surface area (Å²) in [4.78, 5) is 10.7. The van der Waals surface area contributed by atoms with Gasteiger partial charge in [-0.1, -0.05) is 6.07 Å². The highest BCUT2D eigenvalue weighted by Crippen LogP contribution is 2.26. The molecule has 0 radical (unpaired) electrons. The van der Waals surface area contributed by atoms with E-state index in [4.69, 9.17) is 0 Å². The minimum Gasteiger partial charge on any atom is -0.302 e. The fourth-order valence-electron chi connectivity index (χ4n) is 1.49. The van der Waals surface area contributed by atoms with Crippen molar-refractivity contribution in [2.24, 2.45) is 0 Å². The van der Waals surface area contributed by atoms with Crippen LogP contribution >= 0.6 is 0 Å². The average molecular weight is 310 g/mol. The Hall–Kier alpha value is -2.77. The van der Waals surface area contributed by atoms with E-state index in [9.17, 15) is 17.6 Å². The van der Waals surface area contributed by atoms with Gasteiger partial charge in [-0.15, -0.1) is 0 Å². The van der Waals surface area contributed by atoms with Crippen molar-refractivity contribution < 1.29 is 17.6 Å². The molecule has 0 aliphatic rings. The van der Waals surface area contributed by atoms with Gasteiger partial charge in [0.1, 0.15) is 17.2 Å². The van der Waals surface area contributed by atoms with Gasteiger partial charge in [-0.05, 0) is 18.2 Å². The highest BCUT2D eigenvalue weighted by atomic mass is 19.4. The van der Waals surface area contributed by atoms with E-state index < -0.39 is 11.9 Å². The normalized spacial score (nSPS) is 10.7. The Kier molecular flexibility index (Phi) is 4.82. The lowest BCUT2D eigenvalue weighted by Crippen LogP contribution is -2.06. The molecule has 0 bridgehead atoms. The Morgan fingerprint density at radius 3 is 2.27 bits per heavy atom. The molecule has 3 aromatic rings. The summed E-state index contributed by atoms with van der Waals surface area (Å²) in [5, 5.41) is 0. The van der Waals surface area contributed by atoms with Crippen molar-refractivity contribution >= 4 is 0 Å². The van der Waals surface area contributed by atoms with Crippen LogP contribution in [-0.4, -0.2) is 19.5 Å². The summed E-state index contributed by atoms with van der Waals surface area (Å²) >= 11 is 0. The first-order valence-corrected chi connectivity index (χ1v) is 6.04. The molecule has 0 aromatic carbocycles. The molecule has 0 saturated heterocycles. The number of imidazole rings is 1. The monoisotopic (exact) mass is 310 g/mol. The smallest absolute Gasteiger partial charge is 0.302 e. The topological polar surface area (TPSA) is 43.6 Å². The number of nitrogens with zero attached hydrogens (tertiary/aromatic N) is 4. The number of aromatic nitrogens is 4. The van der Waals surface area contributed by atoms with E-state index in [-0.39, 0.29) is 5.82 Å². The van der Waals surface area contributed by atoms with Crippen molar-refractivity contribution in [3.8, 4) is 5.69 Å². The van der Waals surface area contributed by atoms with E-state index in [1.807, 2.05) is 0 Å². The van der Waals surface area contributed by atoms with Gasteiger partial charge in [0.05, 0.1) is 12.5 Å². The zero-order valence-corrected chi connectivity index (χ0v) is 11.1. The van der Waals surface area contributed by atoms with Gasteiger partial charge in [0.15, 0.2) is 0 Å². The van der Waals surface area contributed by atoms with E-state index in [1.54, 1.807) is 17.0 Å². The lowest BCUT2D eigenvalue weighted by molar-refractivity contribution is -0.141. The second-order valence-electron chi connectivity index (χ2n) is 4.01. The number of rotatable bonds is 1. The van der Waals surface area contributed by atoms with Gasteiger partial charge in [0, 0.05) is 24.8 Å². The largest absolute Gasteiger partial charge is 0.433 e. The molecule has 0 aliphatic carbocycles. The van der Waals surface area contributed by atoms with Crippen molar-refractivity contribution in [1.82, 2.24) is 19.5 Å². The van der Waals surface area contributed by atoms with Crippen molar-refractivity contribution in [2.75, 3.05) is 0 Å². The predicted octanol–water partition coefficient (Wildman–Crippen LogP) is 3.51. The van der Waals surface area contributed by atoms with E-state index in [2.05, 4.69) is 15.0 Å². The first-order chi connectivity index (χ1) is 10.5. The van der Waals surface area contributed by atoms with Crippen LogP contribution in [0, 0.1) is 5.82 Å². The highest BCUT2D eigenvalue weighted by Gasteiger charge is 2.31. The zero-order valence-electron chi connectivity index (χ0n) is 11.1. The van der Waals surface area contributed by atoms with Crippen LogP contribution in [0.5, 0.6) is 0 Å². The molecule has 0 aliphatic heterocycles. The SMILES string of the molecule is FC(F)(F)c1ccccn1.Fc1ccncc1-n1ccnc1. The van der Waals surface area contributed by atoms with Gasteiger partial charge >= 0.3 is 6.18 Å². The van der Waals surface area contributed by atoms with E-state index >= 15 is 0 Å². The molecule has 3 rings (SSSR count). The van der Waals surface area contributed by atoms with Gasteiger partial charge in [-0.25, -0.2) is 9.37 Å². The number of hydrogen-bond acceptors (Lipinski definition) is 3. The van der Waals surface area contributed by atoms with E-state index in [1.165, 1.54) is 36.9 Å². The Labute approximate surface area is 123 Å². The van der Waals surface area contributed by atoms with Crippen LogP contribution in [0.2, 0.25) is 0 Å². The Bertz CT molecular complexity index is 696. The molecular formula is C14H10F4N4. The third-order valence-corrected chi connectivity index (χ3v) is 2.49. The summed E-state index contributed by atoms with van der Waals surface area (Å²) in [6, 6.07) is 4.99. The van der Waals surface area contributed by atoms with Gasteiger partial charge in [0.2, 0.25) is 0 Å². The predicted molar refractivity (Wildman–Crippen MR) is 70.6 cm³/mol. The molecule has 0 amide bonds. The second kappa shape index (κ2) is 6.79. The van der Waals surface area contributed by atoms with Crippen LogP contribution in [0.25, 0.3) is 5.69 Å².